The summed E-state index contributed by atoms with van der Waals surface area (Å²) < 4.78 is 0. The van der Waals surface area contributed by atoms with E-state index in [1.165, 1.54) is 4.90 Å². The van der Waals surface area contributed by atoms with E-state index in [9.17, 15) is 30.0 Å². The molecule has 224 valence electrons. The first kappa shape index (κ1) is 30.8. The third-order valence-corrected chi connectivity index (χ3v) is 9.01. The van der Waals surface area contributed by atoms with Crippen LogP contribution in [0.3, 0.4) is 0 Å². The lowest BCUT2D eigenvalue weighted by Crippen LogP contribution is -2.73. The third kappa shape index (κ3) is 5.43. The maximum absolute atomic E-state index is 13.0. The average molecular weight is 566 g/mol. The van der Waals surface area contributed by atoms with Gasteiger partial charge in [0.05, 0.1) is 29.8 Å². The molecule has 2 aliphatic heterocycles. The van der Waals surface area contributed by atoms with E-state index < -0.39 is 52.8 Å². The van der Waals surface area contributed by atoms with E-state index in [0.717, 1.165) is 27.2 Å². The molecule has 41 heavy (non-hydrogen) atoms. The molecule has 2 amide bonds. The Morgan fingerprint density at radius 3 is 1.85 bits per heavy atom. The van der Waals surface area contributed by atoms with Crippen LogP contribution in [0.15, 0.2) is 48.5 Å². The summed E-state index contributed by atoms with van der Waals surface area (Å²) in [4.78, 5) is 27.3. The minimum absolute atomic E-state index is 0.00594. The van der Waals surface area contributed by atoms with Crippen LogP contribution in [-0.4, -0.2) is 69.6 Å². The van der Waals surface area contributed by atoms with Crippen molar-refractivity contribution < 1.29 is 30.0 Å². The highest BCUT2D eigenvalue weighted by Gasteiger charge is 2.60. The topological polar surface area (TPSA) is 139 Å². The Balaban J connectivity index is 1.57. The van der Waals surface area contributed by atoms with Gasteiger partial charge < -0.3 is 45.1 Å². The van der Waals surface area contributed by atoms with Gasteiger partial charge in [-0.15, -0.1) is 0 Å². The van der Waals surface area contributed by atoms with E-state index in [1.807, 2.05) is 90.1 Å². The maximum Gasteiger partial charge on any atom is 0.138 e. The first-order chi connectivity index (χ1) is 19.1. The van der Waals surface area contributed by atoms with Gasteiger partial charge in [-0.2, -0.15) is 0 Å². The van der Waals surface area contributed by atoms with Gasteiger partial charge in [-0.1, -0.05) is 90.1 Å². The Kier molecular flexibility index (Phi) is 8.47. The summed E-state index contributed by atoms with van der Waals surface area (Å²) in [6.45, 7) is 12.2. The smallest absolute Gasteiger partial charge is 0.138 e. The van der Waals surface area contributed by atoms with Gasteiger partial charge in [-0.05, 0) is 45.9 Å². The lowest BCUT2D eigenvalue weighted by molar-refractivity contribution is -0.290. The number of carbonyl (C=O) groups excluding carboxylic acids is 2. The van der Waals surface area contributed by atoms with E-state index in [1.54, 1.807) is 0 Å². The molecule has 0 bridgehead atoms. The maximum atomic E-state index is 13.0. The zero-order chi connectivity index (χ0) is 30.3. The van der Waals surface area contributed by atoms with Crippen molar-refractivity contribution in [2.24, 2.45) is 10.8 Å². The molecule has 2 aromatic carbocycles. The van der Waals surface area contributed by atoms with Gasteiger partial charge in [0, 0.05) is 19.6 Å². The predicted molar refractivity (Wildman–Crippen MR) is 152 cm³/mol. The third-order valence-electron chi connectivity index (χ3n) is 9.01. The number of benzene rings is 2. The first-order valence-electron chi connectivity index (χ1n) is 14.3. The molecule has 4 rings (SSSR count). The van der Waals surface area contributed by atoms with Gasteiger partial charge in [0.1, 0.15) is 12.2 Å². The van der Waals surface area contributed by atoms with Crippen LogP contribution in [0, 0.1) is 10.8 Å². The lowest BCUT2D eigenvalue weighted by atomic mass is 9.53. The quantitative estimate of drug-likeness (QED) is 0.484. The largest absolute Gasteiger partial charge is 0.530 e. The number of hydrogen-bond donors (Lipinski definition) is 3. The number of aliphatic hydroxyl groups excluding tert-OH is 2. The van der Waals surface area contributed by atoms with Crippen molar-refractivity contribution in [3.05, 3.63) is 70.8 Å². The van der Waals surface area contributed by atoms with Crippen LogP contribution in [0.25, 0.3) is 0 Å². The number of carboxylic acid groups (broad SMARTS) is 2. The number of nitrogens with one attached hydrogen (secondary N) is 1. The fraction of sp³-hybridized carbons (Fsp3) is 0.562. The summed E-state index contributed by atoms with van der Waals surface area (Å²) in [7, 11) is 0. The monoisotopic (exact) mass is 565 g/mol. The highest BCUT2D eigenvalue weighted by Crippen LogP contribution is 2.59. The number of aliphatic hydroxyl groups is 2. The van der Waals surface area contributed by atoms with Crippen LogP contribution in [0.5, 0.6) is 0 Å². The van der Waals surface area contributed by atoms with Crippen LogP contribution >= 0.6 is 0 Å². The second-order valence-electron chi connectivity index (χ2n) is 13.5. The molecular weight excluding hydrogens is 522 g/mol. The number of nitrogens with zero attached hydrogens (tertiary/aromatic N) is 2. The Morgan fingerprint density at radius 1 is 0.829 bits per heavy atom. The van der Waals surface area contributed by atoms with E-state index >= 15 is 0 Å². The Labute approximate surface area is 242 Å². The Bertz CT molecular complexity index is 1250. The minimum atomic E-state index is -1.35. The fourth-order valence-corrected chi connectivity index (χ4v) is 7.72. The molecule has 2 heterocycles. The Morgan fingerprint density at radius 2 is 1.32 bits per heavy atom. The predicted octanol–water partition coefficient (Wildman–Crippen LogP) is 1.63. The van der Waals surface area contributed by atoms with Gasteiger partial charge in [0.15, 0.2) is 0 Å². The first-order valence-corrected chi connectivity index (χ1v) is 14.3. The molecule has 2 aromatic rings. The summed E-state index contributed by atoms with van der Waals surface area (Å²) in [6, 6.07) is 13.8. The van der Waals surface area contributed by atoms with Crippen molar-refractivity contribution in [3.63, 3.8) is 0 Å². The molecule has 9 heteroatoms. The second-order valence-corrected chi connectivity index (χ2v) is 13.5. The van der Waals surface area contributed by atoms with Crippen LogP contribution in [0.2, 0.25) is 0 Å². The normalized spacial score (nSPS) is 22.0. The van der Waals surface area contributed by atoms with E-state index in [2.05, 4.69) is 5.32 Å². The van der Waals surface area contributed by atoms with Crippen LogP contribution < -0.4 is 15.5 Å². The van der Waals surface area contributed by atoms with Crippen LogP contribution in [-0.2, 0) is 24.9 Å². The summed E-state index contributed by atoms with van der Waals surface area (Å²) >= 11 is 0. The molecule has 0 aromatic heterocycles. The molecule has 0 unspecified atom stereocenters. The SMILES string of the molecule is CC(C)(C)C1(C(C)(C)C)c2ccccc2C[C@@H]([C@@H](O)CNC[C@H](O)[C@@H]2Cc3ccccc3CN2C(=O)[O-])N1C(=O)[O-]. The fourth-order valence-electron chi connectivity index (χ4n) is 7.72. The number of hydrogen-bond acceptors (Lipinski definition) is 7. The zero-order valence-corrected chi connectivity index (χ0v) is 24.9. The molecule has 0 saturated heterocycles. The van der Waals surface area contributed by atoms with E-state index in [0.29, 0.717) is 12.8 Å². The van der Waals surface area contributed by atoms with Crippen molar-refractivity contribution in [1.29, 1.82) is 0 Å². The molecule has 0 aliphatic carbocycles. The lowest BCUT2D eigenvalue weighted by Gasteiger charge is -2.65. The molecule has 0 radical (unpaired) electrons. The number of amides is 2. The van der Waals surface area contributed by atoms with Crippen molar-refractivity contribution in [2.45, 2.75) is 90.8 Å². The van der Waals surface area contributed by atoms with Gasteiger partial charge in [-0.25, -0.2) is 0 Å². The van der Waals surface area contributed by atoms with Crippen molar-refractivity contribution in [1.82, 2.24) is 15.1 Å². The summed E-state index contributed by atoms with van der Waals surface area (Å²) in [5.74, 6) is 0. The summed E-state index contributed by atoms with van der Waals surface area (Å²) in [6.07, 6.45) is -4.24. The van der Waals surface area contributed by atoms with E-state index in [4.69, 9.17) is 0 Å². The molecular formula is C32H43N3O6-2. The molecule has 2 aliphatic rings. The second kappa shape index (κ2) is 11.3. The molecule has 0 saturated carbocycles. The average Bonchev–Trinajstić information content (AvgIpc) is 2.89. The molecule has 0 spiro atoms. The Hall–Kier alpha value is -3.14. The van der Waals surface area contributed by atoms with Crippen LogP contribution in [0.4, 0.5) is 9.59 Å². The number of fused-ring (bicyclic) bond motifs is 2. The van der Waals surface area contributed by atoms with Gasteiger partial charge in [0.25, 0.3) is 0 Å². The summed E-state index contributed by atoms with van der Waals surface area (Å²) in [5, 5.41) is 50.4. The molecule has 9 nitrogen and oxygen atoms in total. The highest BCUT2D eigenvalue weighted by molar-refractivity contribution is 5.67. The van der Waals surface area contributed by atoms with E-state index in [-0.39, 0.29) is 19.6 Å². The molecule has 3 N–H and O–H groups in total. The van der Waals surface area contributed by atoms with Crippen LogP contribution in [0.1, 0.15) is 63.8 Å². The standard InChI is InChI=1S/C32H45N3O6/c1-30(2,3)32(31(4,5)6)23-14-10-9-12-21(23)16-25(35(32)29(40)41)27(37)18-33-17-26(36)24-15-20-11-7-8-13-22(20)19-34(24)28(38)39/h7-14,24-27,33,36-37H,15-19H2,1-6H3,(H,38,39)(H,40,41)/p-2/t24-,25-,26-,27-/m0/s1. The molecule has 0 fully saturated rings. The molecule has 4 atom stereocenters. The minimum Gasteiger partial charge on any atom is -0.530 e. The zero-order valence-electron chi connectivity index (χ0n) is 24.9. The van der Waals surface area contributed by atoms with Crippen molar-refractivity contribution >= 4 is 12.2 Å². The van der Waals surface area contributed by atoms with Gasteiger partial charge in [-0.3, -0.25) is 0 Å². The summed E-state index contributed by atoms with van der Waals surface area (Å²) in [5.41, 5.74) is 1.61. The highest BCUT2D eigenvalue weighted by atomic mass is 16.4. The van der Waals surface area contributed by atoms with Gasteiger partial charge in [0.2, 0.25) is 0 Å². The number of rotatable bonds is 6. The van der Waals surface area contributed by atoms with Crippen molar-refractivity contribution in [3.8, 4) is 0 Å². The number of carbonyl (C=O) groups is 2. The van der Waals surface area contributed by atoms with Gasteiger partial charge >= 0.3 is 0 Å². The van der Waals surface area contributed by atoms with Crippen molar-refractivity contribution in [2.75, 3.05) is 13.1 Å².